The van der Waals surface area contributed by atoms with Crippen molar-refractivity contribution in [1.29, 1.82) is 0 Å². The van der Waals surface area contributed by atoms with E-state index in [1.54, 1.807) is 26.5 Å². The highest BCUT2D eigenvalue weighted by atomic mass is 16.5. The lowest BCUT2D eigenvalue weighted by Crippen LogP contribution is -1.99. The molecule has 1 atom stereocenters. The Kier molecular flexibility index (Phi) is 5.27. The van der Waals surface area contributed by atoms with E-state index in [0.29, 0.717) is 22.9 Å². The van der Waals surface area contributed by atoms with E-state index in [2.05, 4.69) is 9.97 Å². The summed E-state index contributed by atoms with van der Waals surface area (Å²) in [6.07, 6.45) is 0.690. The van der Waals surface area contributed by atoms with Gasteiger partial charge in [0.25, 0.3) is 0 Å². The average molecular weight is 388 g/mol. The van der Waals surface area contributed by atoms with E-state index in [9.17, 15) is 5.11 Å². The number of oxazole rings is 1. The second-order valence-electron chi connectivity index (χ2n) is 6.36. The number of hydrogen-bond acceptors (Lipinski definition) is 6. The monoisotopic (exact) mass is 388 g/mol. The van der Waals surface area contributed by atoms with Gasteiger partial charge in [-0.3, -0.25) is 0 Å². The molecule has 0 bridgehead atoms. The lowest BCUT2D eigenvalue weighted by Gasteiger charge is -2.06. The van der Waals surface area contributed by atoms with Gasteiger partial charge >= 0.3 is 0 Å². The summed E-state index contributed by atoms with van der Waals surface area (Å²) in [5.74, 6) is 2.01. The molecule has 1 unspecified atom stereocenters. The molecule has 4 aromatic rings. The zero-order chi connectivity index (χ0) is 20.2. The van der Waals surface area contributed by atoms with Crippen LogP contribution in [-0.4, -0.2) is 29.3 Å². The summed E-state index contributed by atoms with van der Waals surface area (Å²) < 4.78 is 16.4. The van der Waals surface area contributed by atoms with Crippen LogP contribution >= 0.6 is 0 Å². The zero-order valence-electron chi connectivity index (χ0n) is 16.1. The van der Waals surface area contributed by atoms with Crippen LogP contribution in [0.4, 0.5) is 0 Å². The molecule has 1 N–H and O–H groups in total. The van der Waals surface area contributed by atoms with Crippen LogP contribution in [0.15, 0.2) is 77.3 Å². The van der Waals surface area contributed by atoms with Gasteiger partial charge in [0.1, 0.15) is 11.4 Å². The molecule has 0 aliphatic carbocycles. The van der Waals surface area contributed by atoms with Crippen LogP contribution in [0.1, 0.15) is 17.6 Å². The maximum Gasteiger partial charge on any atom is 0.229 e. The highest BCUT2D eigenvalue weighted by molar-refractivity contribution is 5.77. The van der Waals surface area contributed by atoms with E-state index >= 15 is 0 Å². The van der Waals surface area contributed by atoms with Crippen LogP contribution in [0.3, 0.4) is 0 Å². The molecule has 6 heteroatoms. The molecule has 0 amide bonds. The first-order valence-corrected chi connectivity index (χ1v) is 9.08. The van der Waals surface area contributed by atoms with Crippen molar-refractivity contribution in [3.8, 4) is 34.2 Å². The topological polar surface area (TPSA) is 77.6 Å². The molecule has 0 aliphatic heterocycles. The molecule has 2 aromatic carbocycles. The smallest absolute Gasteiger partial charge is 0.229 e. The quantitative estimate of drug-likeness (QED) is 0.524. The first kappa shape index (κ1) is 18.7. The van der Waals surface area contributed by atoms with E-state index in [4.69, 9.17) is 13.9 Å². The van der Waals surface area contributed by atoms with Crippen molar-refractivity contribution >= 4 is 0 Å². The van der Waals surface area contributed by atoms with E-state index < -0.39 is 6.10 Å². The third-order valence-corrected chi connectivity index (χ3v) is 4.56. The van der Waals surface area contributed by atoms with E-state index in [1.165, 1.54) is 0 Å². The van der Waals surface area contributed by atoms with Crippen LogP contribution < -0.4 is 9.47 Å². The van der Waals surface area contributed by atoms with Crippen LogP contribution in [-0.2, 0) is 0 Å². The van der Waals surface area contributed by atoms with Gasteiger partial charge < -0.3 is 19.0 Å². The highest BCUT2D eigenvalue weighted by Crippen LogP contribution is 2.36. The number of methoxy groups -OCH3 is 2. The minimum absolute atomic E-state index is 0.216. The van der Waals surface area contributed by atoms with Crippen molar-refractivity contribution in [3.63, 3.8) is 0 Å². The Balaban J connectivity index is 1.81. The number of nitrogens with zero attached hydrogens (tertiary/aromatic N) is 2. The van der Waals surface area contributed by atoms with Crippen molar-refractivity contribution in [3.05, 3.63) is 84.4 Å². The second-order valence-corrected chi connectivity index (χ2v) is 6.36. The third kappa shape index (κ3) is 3.83. The van der Waals surface area contributed by atoms with Crippen molar-refractivity contribution in [2.45, 2.75) is 6.10 Å². The maximum atomic E-state index is 10.8. The molecule has 6 nitrogen and oxygen atoms in total. The summed E-state index contributed by atoms with van der Waals surface area (Å²) in [6.45, 7) is 0. The molecule has 0 saturated heterocycles. The molecule has 0 saturated carbocycles. The summed E-state index contributed by atoms with van der Waals surface area (Å²) in [7, 11) is 3.18. The van der Waals surface area contributed by atoms with Crippen molar-refractivity contribution in [2.75, 3.05) is 14.2 Å². The number of hydrogen-bond donors (Lipinski definition) is 1. The summed E-state index contributed by atoms with van der Waals surface area (Å²) >= 11 is 0. The number of aliphatic hydroxyl groups excluding tert-OH is 1. The normalized spacial score (nSPS) is 11.8. The fraction of sp³-hybridized carbons (Fsp3) is 0.130. The van der Waals surface area contributed by atoms with Gasteiger partial charge in [0.2, 0.25) is 11.8 Å². The Bertz CT molecular complexity index is 1010. The Hall–Kier alpha value is -3.64. The van der Waals surface area contributed by atoms with Gasteiger partial charge in [0, 0.05) is 23.4 Å². The first-order valence-electron chi connectivity index (χ1n) is 9.08. The number of rotatable bonds is 6. The lowest BCUT2D eigenvalue weighted by atomic mass is 10.1. The molecule has 146 valence electrons. The first-order chi connectivity index (χ1) is 14.2. The number of pyridine rings is 1. The Morgan fingerprint density at radius 2 is 1.59 bits per heavy atom. The molecule has 0 fully saturated rings. The molecule has 29 heavy (non-hydrogen) atoms. The van der Waals surface area contributed by atoms with Gasteiger partial charge in [-0.2, -0.15) is 0 Å². The zero-order valence-corrected chi connectivity index (χ0v) is 16.1. The summed E-state index contributed by atoms with van der Waals surface area (Å²) in [6, 6.07) is 20.4. The van der Waals surface area contributed by atoms with Crippen LogP contribution in [0, 0.1) is 0 Å². The van der Waals surface area contributed by atoms with Gasteiger partial charge in [0.05, 0.1) is 14.2 Å². The highest BCUT2D eigenvalue weighted by Gasteiger charge is 2.23. The van der Waals surface area contributed by atoms with Crippen LogP contribution in [0.2, 0.25) is 0 Å². The SMILES string of the molecule is COc1ccc(-c2oc(C(O)c3ccccc3)nc2-c2ccc(OC)nc2)cc1. The molecule has 2 heterocycles. The van der Waals surface area contributed by atoms with Crippen molar-refractivity contribution in [2.24, 2.45) is 0 Å². The lowest BCUT2D eigenvalue weighted by molar-refractivity contribution is 0.184. The number of ether oxygens (including phenoxy) is 2. The second kappa shape index (κ2) is 8.16. The molecular weight excluding hydrogens is 368 g/mol. The fourth-order valence-electron chi connectivity index (χ4n) is 3.01. The van der Waals surface area contributed by atoms with Crippen LogP contribution in [0.5, 0.6) is 11.6 Å². The van der Waals surface area contributed by atoms with Gasteiger partial charge in [-0.15, -0.1) is 0 Å². The predicted molar refractivity (Wildman–Crippen MR) is 109 cm³/mol. The molecule has 0 spiro atoms. The molecule has 0 aliphatic rings. The third-order valence-electron chi connectivity index (χ3n) is 4.56. The molecule has 4 rings (SSSR count). The maximum absolute atomic E-state index is 10.8. The molecule has 0 radical (unpaired) electrons. The Labute approximate surface area is 168 Å². The average Bonchev–Trinajstić information content (AvgIpc) is 3.24. The van der Waals surface area contributed by atoms with Gasteiger partial charge in [0.15, 0.2) is 11.9 Å². The Morgan fingerprint density at radius 3 is 2.21 bits per heavy atom. The number of aliphatic hydroxyl groups is 1. The predicted octanol–water partition coefficient (Wildman–Crippen LogP) is 4.50. The van der Waals surface area contributed by atoms with Crippen molar-refractivity contribution in [1.82, 2.24) is 9.97 Å². The van der Waals surface area contributed by atoms with Gasteiger partial charge in [-0.05, 0) is 35.9 Å². The minimum atomic E-state index is -0.979. The van der Waals surface area contributed by atoms with E-state index in [1.807, 2.05) is 60.7 Å². The van der Waals surface area contributed by atoms with Crippen LogP contribution in [0.25, 0.3) is 22.6 Å². The largest absolute Gasteiger partial charge is 0.497 e. The van der Waals surface area contributed by atoms with Crippen molar-refractivity contribution < 1.29 is 19.0 Å². The summed E-state index contributed by atoms with van der Waals surface area (Å²) in [5.41, 5.74) is 2.87. The van der Waals surface area contributed by atoms with E-state index in [-0.39, 0.29) is 5.89 Å². The minimum Gasteiger partial charge on any atom is -0.497 e. The number of benzene rings is 2. The van der Waals surface area contributed by atoms with E-state index in [0.717, 1.165) is 16.9 Å². The molecular formula is C23H20N2O4. The fourth-order valence-corrected chi connectivity index (χ4v) is 3.01. The summed E-state index contributed by atoms with van der Waals surface area (Å²) in [4.78, 5) is 8.86. The summed E-state index contributed by atoms with van der Waals surface area (Å²) in [5, 5.41) is 10.8. The van der Waals surface area contributed by atoms with Gasteiger partial charge in [-0.25, -0.2) is 9.97 Å². The number of aromatic nitrogens is 2. The molecule has 2 aromatic heterocycles. The standard InChI is InChI=1S/C23H20N2O4/c1-27-18-11-8-16(9-12-18)22-20(17-10-13-19(28-2)24-14-17)25-23(29-22)21(26)15-6-4-3-5-7-15/h3-14,21,26H,1-2H3. The Morgan fingerprint density at radius 1 is 0.862 bits per heavy atom. The van der Waals surface area contributed by atoms with Gasteiger partial charge in [-0.1, -0.05) is 30.3 Å².